The first-order valence-corrected chi connectivity index (χ1v) is 10.7. The third kappa shape index (κ3) is 4.87. The zero-order valence-electron chi connectivity index (χ0n) is 15.3. The Morgan fingerprint density at radius 1 is 1.07 bits per heavy atom. The molecule has 1 heterocycles. The third-order valence-corrected chi connectivity index (χ3v) is 6.63. The first-order valence-electron chi connectivity index (χ1n) is 8.52. The number of rotatable bonds is 6. The Labute approximate surface area is 179 Å². The van der Waals surface area contributed by atoms with Crippen molar-refractivity contribution < 1.29 is 13.2 Å². The standard InChI is InChI=1S/C20H17Cl2N3O3S/c1-14-7-9-15(10-8-14)25(29(27,28)16-4-3-11-23-12-16)13-19(26)24-18-6-2-5-17(21)20(18)22/h2-12H,13H2,1H3,(H,24,26). The van der Waals surface area contributed by atoms with Crippen LogP contribution in [0.1, 0.15) is 5.56 Å². The molecule has 0 unspecified atom stereocenters. The Morgan fingerprint density at radius 3 is 2.45 bits per heavy atom. The lowest BCUT2D eigenvalue weighted by Crippen LogP contribution is -2.38. The summed E-state index contributed by atoms with van der Waals surface area (Å²) in [5.74, 6) is -0.567. The Kier molecular flexibility index (Phi) is 6.42. The van der Waals surface area contributed by atoms with Gasteiger partial charge in [0.15, 0.2) is 0 Å². The van der Waals surface area contributed by atoms with Crippen LogP contribution in [0.3, 0.4) is 0 Å². The number of nitrogens with one attached hydrogen (secondary N) is 1. The largest absolute Gasteiger partial charge is 0.323 e. The Morgan fingerprint density at radius 2 is 1.79 bits per heavy atom. The molecule has 0 aliphatic rings. The van der Waals surface area contributed by atoms with Crippen molar-refractivity contribution in [3.8, 4) is 0 Å². The second-order valence-electron chi connectivity index (χ2n) is 6.19. The second kappa shape index (κ2) is 8.82. The highest BCUT2D eigenvalue weighted by Gasteiger charge is 2.27. The number of amides is 1. The molecule has 0 atom stereocenters. The fourth-order valence-corrected chi connectivity index (χ4v) is 4.31. The minimum atomic E-state index is -4.02. The monoisotopic (exact) mass is 449 g/mol. The van der Waals surface area contributed by atoms with Crippen LogP contribution < -0.4 is 9.62 Å². The first kappa shape index (κ1) is 21.1. The van der Waals surface area contributed by atoms with E-state index in [9.17, 15) is 13.2 Å². The van der Waals surface area contributed by atoms with Crippen molar-refractivity contribution in [2.24, 2.45) is 0 Å². The zero-order chi connectivity index (χ0) is 21.0. The summed E-state index contributed by atoms with van der Waals surface area (Å²) in [6.45, 7) is 1.43. The maximum Gasteiger partial charge on any atom is 0.266 e. The van der Waals surface area contributed by atoms with Gasteiger partial charge in [-0.3, -0.25) is 14.1 Å². The lowest BCUT2D eigenvalue weighted by Gasteiger charge is -2.24. The average Bonchev–Trinajstić information content (AvgIpc) is 2.71. The highest BCUT2D eigenvalue weighted by atomic mass is 35.5. The lowest BCUT2D eigenvalue weighted by molar-refractivity contribution is -0.114. The van der Waals surface area contributed by atoms with Gasteiger partial charge in [-0.15, -0.1) is 0 Å². The van der Waals surface area contributed by atoms with Crippen molar-refractivity contribution in [3.05, 3.63) is 82.6 Å². The maximum absolute atomic E-state index is 13.2. The normalized spacial score (nSPS) is 11.1. The second-order valence-corrected chi connectivity index (χ2v) is 8.83. The fraction of sp³-hybridized carbons (Fsp3) is 0.100. The van der Waals surface area contributed by atoms with E-state index in [0.29, 0.717) is 11.4 Å². The van der Waals surface area contributed by atoms with Gasteiger partial charge in [-0.2, -0.15) is 0 Å². The van der Waals surface area contributed by atoms with Crippen molar-refractivity contribution in [2.45, 2.75) is 11.8 Å². The van der Waals surface area contributed by atoms with Crippen LogP contribution in [0.25, 0.3) is 0 Å². The number of pyridine rings is 1. The van der Waals surface area contributed by atoms with Gasteiger partial charge in [0.2, 0.25) is 5.91 Å². The van der Waals surface area contributed by atoms with Crippen LogP contribution in [-0.4, -0.2) is 25.9 Å². The molecule has 0 bridgehead atoms. The number of anilines is 2. The Bertz CT molecular complexity index is 1120. The van der Waals surface area contributed by atoms with Gasteiger partial charge in [-0.1, -0.05) is 47.0 Å². The van der Waals surface area contributed by atoms with Gasteiger partial charge in [-0.25, -0.2) is 8.42 Å². The molecule has 0 radical (unpaired) electrons. The van der Waals surface area contributed by atoms with Crippen LogP contribution in [-0.2, 0) is 14.8 Å². The summed E-state index contributed by atoms with van der Waals surface area (Å²) in [5, 5.41) is 3.07. The molecule has 3 aromatic rings. The smallest absolute Gasteiger partial charge is 0.266 e. The van der Waals surface area contributed by atoms with E-state index in [1.165, 1.54) is 24.5 Å². The van der Waals surface area contributed by atoms with Gasteiger partial charge >= 0.3 is 0 Å². The number of nitrogens with zero attached hydrogens (tertiary/aromatic N) is 2. The molecule has 6 nitrogen and oxygen atoms in total. The van der Waals surface area contributed by atoms with E-state index < -0.39 is 22.5 Å². The molecular formula is C20H17Cl2N3O3S. The summed E-state index contributed by atoms with van der Waals surface area (Å²) in [7, 11) is -4.02. The number of hydrogen-bond donors (Lipinski definition) is 1. The lowest BCUT2D eigenvalue weighted by atomic mass is 10.2. The summed E-state index contributed by atoms with van der Waals surface area (Å²) in [4.78, 5) is 16.5. The number of halogens is 2. The minimum absolute atomic E-state index is 0.0193. The van der Waals surface area contributed by atoms with Gasteiger partial charge in [0.1, 0.15) is 11.4 Å². The summed E-state index contributed by atoms with van der Waals surface area (Å²) >= 11 is 12.1. The van der Waals surface area contributed by atoms with Crippen molar-refractivity contribution in [2.75, 3.05) is 16.2 Å². The molecule has 9 heteroatoms. The van der Waals surface area contributed by atoms with Crippen LogP contribution in [0.4, 0.5) is 11.4 Å². The summed E-state index contributed by atoms with van der Waals surface area (Å²) < 4.78 is 27.4. The summed E-state index contributed by atoms with van der Waals surface area (Å²) in [5.41, 5.74) is 1.61. The number of benzene rings is 2. The predicted octanol–water partition coefficient (Wildman–Crippen LogP) is 4.53. The highest BCUT2D eigenvalue weighted by molar-refractivity contribution is 7.92. The average molecular weight is 450 g/mol. The van der Waals surface area contributed by atoms with Crippen LogP contribution in [0, 0.1) is 6.92 Å². The van der Waals surface area contributed by atoms with Crippen LogP contribution in [0.2, 0.25) is 10.0 Å². The van der Waals surface area contributed by atoms with E-state index in [2.05, 4.69) is 10.3 Å². The molecule has 0 saturated heterocycles. The van der Waals surface area contributed by atoms with Crippen molar-refractivity contribution in [1.82, 2.24) is 4.98 Å². The molecule has 1 aromatic heterocycles. The van der Waals surface area contributed by atoms with E-state index in [1.807, 2.05) is 6.92 Å². The molecule has 0 fully saturated rings. The van der Waals surface area contributed by atoms with E-state index in [0.717, 1.165) is 9.87 Å². The van der Waals surface area contributed by atoms with Crippen molar-refractivity contribution in [1.29, 1.82) is 0 Å². The van der Waals surface area contributed by atoms with Gasteiger partial charge in [-0.05, 0) is 43.3 Å². The quantitative estimate of drug-likeness (QED) is 0.599. The van der Waals surface area contributed by atoms with Crippen LogP contribution >= 0.6 is 23.2 Å². The van der Waals surface area contributed by atoms with Crippen LogP contribution in [0.5, 0.6) is 0 Å². The fourth-order valence-electron chi connectivity index (χ4n) is 2.57. The molecule has 3 rings (SSSR count). The maximum atomic E-state index is 13.2. The van der Waals surface area contributed by atoms with Crippen molar-refractivity contribution in [3.63, 3.8) is 0 Å². The van der Waals surface area contributed by atoms with E-state index in [4.69, 9.17) is 23.2 Å². The Balaban J connectivity index is 1.94. The van der Waals surface area contributed by atoms with Crippen LogP contribution in [0.15, 0.2) is 71.9 Å². The summed E-state index contributed by atoms with van der Waals surface area (Å²) in [6.07, 6.45) is 2.71. The van der Waals surface area contributed by atoms with Gasteiger partial charge in [0, 0.05) is 12.4 Å². The third-order valence-electron chi connectivity index (χ3n) is 4.06. The van der Waals surface area contributed by atoms with E-state index in [-0.39, 0.29) is 14.9 Å². The number of hydrogen-bond acceptors (Lipinski definition) is 4. The number of aryl methyl sites for hydroxylation is 1. The van der Waals surface area contributed by atoms with Crippen molar-refractivity contribution >= 4 is 50.5 Å². The van der Waals surface area contributed by atoms with Gasteiger partial charge in [0.05, 0.1) is 21.4 Å². The van der Waals surface area contributed by atoms with E-state index in [1.54, 1.807) is 42.5 Å². The molecule has 0 spiro atoms. The molecule has 0 saturated carbocycles. The molecule has 0 aliphatic heterocycles. The molecule has 1 N–H and O–H groups in total. The number of carbonyl (C=O) groups excluding carboxylic acids is 1. The number of sulfonamides is 1. The molecule has 0 aliphatic carbocycles. The summed E-state index contributed by atoms with van der Waals surface area (Å²) in [6, 6.07) is 14.6. The first-order chi connectivity index (χ1) is 13.8. The molecule has 2 aromatic carbocycles. The minimum Gasteiger partial charge on any atom is -0.323 e. The molecular weight excluding hydrogens is 433 g/mol. The van der Waals surface area contributed by atoms with Gasteiger partial charge < -0.3 is 5.32 Å². The van der Waals surface area contributed by atoms with Gasteiger partial charge in [0.25, 0.3) is 10.0 Å². The Hall–Kier alpha value is -2.61. The van der Waals surface area contributed by atoms with E-state index >= 15 is 0 Å². The zero-order valence-corrected chi connectivity index (χ0v) is 17.7. The number of aromatic nitrogens is 1. The number of carbonyl (C=O) groups is 1. The molecule has 29 heavy (non-hydrogen) atoms. The molecule has 1 amide bonds. The topological polar surface area (TPSA) is 79.4 Å². The molecule has 150 valence electrons. The predicted molar refractivity (Wildman–Crippen MR) is 115 cm³/mol. The highest BCUT2D eigenvalue weighted by Crippen LogP contribution is 2.30. The SMILES string of the molecule is Cc1ccc(N(CC(=O)Nc2cccc(Cl)c2Cl)S(=O)(=O)c2cccnc2)cc1.